The first-order valence-corrected chi connectivity index (χ1v) is 11.8. The van der Waals surface area contributed by atoms with E-state index in [1.165, 1.54) is 14.0 Å². The summed E-state index contributed by atoms with van der Waals surface area (Å²) in [4.78, 5) is 17.8. The summed E-state index contributed by atoms with van der Waals surface area (Å²) in [6.07, 6.45) is -1.00. The van der Waals surface area contributed by atoms with Crippen molar-refractivity contribution < 1.29 is 29.1 Å². The van der Waals surface area contributed by atoms with Crippen LogP contribution in [0.15, 0.2) is 0 Å². The van der Waals surface area contributed by atoms with E-state index in [-0.39, 0.29) is 13.2 Å². The maximum Gasteiger partial charge on any atom is 0.470 e. The van der Waals surface area contributed by atoms with Crippen molar-refractivity contribution in [3.05, 3.63) is 10.1 Å². The smallest absolute Gasteiger partial charge is 0.364 e. The van der Waals surface area contributed by atoms with Crippen LogP contribution in [0.5, 0.6) is 0 Å². The molecule has 0 aromatic heterocycles. The van der Waals surface area contributed by atoms with Crippen LogP contribution in [0.4, 0.5) is 0 Å². The monoisotopic (exact) mass is 497 g/mol. The van der Waals surface area contributed by atoms with E-state index >= 15 is 0 Å². The Morgan fingerprint density at radius 2 is 1.79 bits per heavy atom. The summed E-state index contributed by atoms with van der Waals surface area (Å²) in [6.45, 7) is 13.1. The largest absolute Gasteiger partial charge is 0.470 e. The maximum absolute atomic E-state index is 12.6. The number of ether oxygens (including phenoxy) is 3. The number of methoxy groups -OCH3 is 1. The summed E-state index contributed by atoms with van der Waals surface area (Å²) in [6, 6.07) is 0. The van der Waals surface area contributed by atoms with Crippen molar-refractivity contribution in [3.8, 4) is 0 Å². The number of aliphatic hydroxyl groups is 1. The quantitative estimate of drug-likeness (QED) is 0.0883. The Kier molecular flexibility index (Phi) is 14.7. The molecule has 0 spiro atoms. The molecular formula is C20H47N7O7. The van der Waals surface area contributed by atoms with Gasteiger partial charge in [-0.25, -0.2) is 5.73 Å². The van der Waals surface area contributed by atoms with E-state index in [1.807, 2.05) is 20.8 Å². The number of nitrogens with zero attached hydrogens (tertiary/aromatic N) is 3. The predicted octanol–water partition coefficient (Wildman–Crippen LogP) is 0.276. The second-order valence-electron chi connectivity index (χ2n) is 7.99. The van der Waals surface area contributed by atoms with Crippen LogP contribution in [-0.2, 0) is 19.0 Å². The average molecular weight is 498 g/mol. The van der Waals surface area contributed by atoms with Crippen molar-refractivity contribution in [2.45, 2.75) is 91.3 Å². The summed E-state index contributed by atoms with van der Waals surface area (Å²) in [7, 11) is 2.87. The van der Waals surface area contributed by atoms with Crippen molar-refractivity contribution in [1.29, 1.82) is 0 Å². The maximum atomic E-state index is 12.6. The Bertz CT molecular complexity index is 591. The molecular weight excluding hydrogens is 450 g/mol. The highest BCUT2D eigenvalue weighted by atomic mass is 16.8. The first-order valence-electron chi connectivity index (χ1n) is 11.8. The number of hydrogen-bond donors (Lipinski definition) is 5. The van der Waals surface area contributed by atoms with Crippen molar-refractivity contribution in [3.63, 3.8) is 0 Å². The van der Waals surface area contributed by atoms with Gasteiger partial charge in [-0.3, -0.25) is 35.6 Å². The number of nitrogens with one attached hydrogen (secondary N) is 3. The second-order valence-corrected chi connectivity index (χ2v) is 7.99. The Morgan fingerprint density at radius 3 is 2.18 bits per heavy atom. The van der Waals surface area contributed by atoms with Gasteiger partial charge in [0, 0.05) is 13.7 Å². The number of hydrogen-bond acceptors (Lipinski definition) is 13. The lowest BCUT2D eigenvalue weighted by atomic mass is 10.2. The number of hydroxylamine groups is 1. The Morgan fingerprint density at radius 1 is 1.18 bits per heavy atom. The van der Waals surface area contributed by atoms with Gasteiger partial charge < -0.3 is 14.6 Å². The van der Waals surface area contributed by atoms with Gasteiger partial charge in [-0.15, -0.1) is 0 Å². The third-order valence-electron chi connectivity index (χ3n) is 4.81. The molecule has 0 saturated carbocycles. The molecule has 34 heavy (non-hydrogen) atoms. The van der Waals surface area contributed by atoms with Crippen molar-refractivity contribution in [1.82, 2.24) is 26.1 Å². The van der Waals surface area contributed by atoms with Crippen molar-refractivity contribution in [2.24, 2.45) is 5.73 Å². The molecule has 14 nitrogen and oxygen atoms in total. The van der Waals surface area contributed by atoms with Gasteiger partial charge in [0.05, 0.1) is 17.6 Å². The van der Waals surface area contributed by atoms with Gasteiger partial charge >= 0.3 is 5.97 Å². The fraction of sp³-hybridized carbons (Fsp3) is 1.00. The SMILES string of the molecule is CCCNC(NC)(NCC)N(N(OCCC)C(C)(OCC)C(O)OC)C(N)(OC(C)C)[N+](=O)[O-]. The number of aliphatic hydroxyl groups excluding tert-OH is 1. The van der Waals surface area contributed by atoms with Crippen LogP contribution in [-0.4, -0.2) is 90.7 Å². The fourth-order valence-electron chi connectivity index (χ4n) is 3.37. The molecule has 4 atom stereocenters. The second kappa shape index (κ2) is 15.2. The Balaban J connectivity index is 7.41. The molecule has 0 heterocycles. The van der Waals surface area contributed by atoms with E-state index in [9.17, 15) is 15.2 Å². The van der Waals surface area contributed by atoms with Gasteiger partial charge in [0.25, 0.3) is 0 Å². The number of nitro groups is 1. The number of hydrazine groups is 1. The first-order chi connectivity index (χ1) is 15.9. The molecule has 14 heteroatoms. The molecule has 0 aliphatic heterocycles. The van der Waals surface area contributed by atoms with Crippen LogP contribution in [0, 0.1) is 10.1 Å². The summed E-state index contributed by atoms with van der Waals surface area (Å²) in [5.41, 5.74) is 4.66. The molecule has 6 N–H and O–H groups in total. The van der Waals surface area contributed by atoms with Gasteiger partial charge in [-0.2, -0.15) is 0 Å². The van der Waals surface area contributed by atoms with Crippen LogP contribution in [0.1, 0.15) is 61.3 Å². The molecule has 0 aliphatic rings. The standard InChI is InChI=1S/C20H47N7O7/c1-10-14-24-20(22-8,23-12-3)25(19(21,27(29)30)34-16(5)6)26(33-15-11-2)18(7,32-13-4)17(28)31-9/h16-17,22-24,28H,10-15,21H2,1-9H3. The molecule has 0 amide bonds. The highest BCUT2D eigenvalue weighted by molar-refractivity contribution is 4.87. The minimum absolute atomic E-state index is 0.116. The minimum atomic E-state index is -2.69. The molecule has 0 saturated heterocycles. The van der Waals surface area contributed by atoms with E-state index < -0.39 is 34.9 Å². The highest BCUT2D eigenvalue weighted by Crippen LogP contribution is 2.33. The summed E-state index contributed by atoms with van der Waals surface area (Å²) in [5.74, 6) is -4.28. The van der Waals surface area contributed by atoms with Crippen molar-refractivity contribution >= 4 is 0 Å². The molecule has 204 valence electrons. The lowest BCUT2D eigenvalue weighted by Gasteiger charge is -2.54. The summed E-state index contributed by atoms with van der Waals surface area (Å²) >= 11 is 0. The highest BCUT2D eigenvalue weighted by Gasteiger charge is 2.65. The predicted molar refractivity (Wildman–Crippen MR) is 127 cm³/mol. The average Bonchev–Trinajstić information content (AvgIpc) is 2.78. The van der Waals surface area contributed by atoms with Gasteiger partial charge in [0.15, 0.2) is 0 Å². The van der Waals surface area contributed by atoms with Gasteiger partial charge in [0.1, 0.15) is 0 Å². The zero-order valence-corrected chi connectivity index (χ0v) is 22.2. The summed E-state index contributed by atoms with van der Waals surface area (Å²) < 4.78 is 16.8. The van der Waals surface area contributed by atoms with Crippen LogP contribution in [0.3, 0.4) is 0 Å². The van der Waals surface area contributed by atoms with Crippen LogP contribution in [0.2, 0.25) is 0 Å². The van der Waals surface area contributed by atoms with E-state index in [2.05, 4.69) is 16.0 Å². The molecule has 0 bridgehead atoms. The number of nitrogens with two attached hydrogens (primary N) is 1. The lowest BCUT2D eigenvalue weighted by Crippen LogP contribution is -2.88. The first kappa shape index (κ1) is 33.0. The third kappa shape index (κ3) is 7.73. The minimum Gasteiger partial charge on any atom is -0.364 e. The van der Waals surface area contributed by atoms with Crippen LogP contribution < -0.4 is 21.7 Å². The molecule has 0 radical (unpaired) electrons. The van der Waals surface area contributed by atoms with E-state index in [0.29, 0.717) is 25.9 Å². The zero-order chi connectivity index (χ0) is 26.6. The van der Waals surface area contributed by atoms with E-state index in [4.69, 9.17) is 24.8 Å². The summed E-state index contributed by atoms with van der Waals surface area (Å²) in [5, 5.41) is 34.9. The molecule has 0 rings (SSSR count). The van der Waals surface area contributed by atoms with Crippen LogP contribution in [0.25, 0.3) is 0 Å². The van der Waals surface area contributed by atoms with E-state index in [1.54, 1.807) is 27.8 Å². The zero-order valence-electron chi connectivity index (χ0n) is 22.2. The Labute approximate surface area is 203 Å². The third-order valence-corrected chi connectivity index (χ3v) is 4.81. The lowest BCUT2D eigenvalue weighted by molar-refractivity contribution is -0.705. The Hall–Kier alpha value is -1.04. The van der Waals surface area contributed by atoms with Gasteiger partial charge in [-0.05, 0) is 60.7 Å². The number of rotatable bonds is 20. The normalized spacial score (nSPS) is 18.6. The van der Waals surface area contributed by atoms with Crippen molar-refractivity contribution in [2.75, 3.05) is 40.5 Å². The van der Waals surface area contributed by atoms with Crippen LogP contribution >= 0.6 is 0 Å². The molecule has 4 unspecified atom stereocenters. The molecule has 0 aromatic carbocycles. The molecule has 0 aromatic rings. The topological polar surface area (TPSA) is 169 Å². The fourth-order valence-corrected chi connectivity index (χ4v) is 3.37. The van der Waals surface area contributed by atoms with Gasteiger partial charge in [0.2, 0.25) is 17.9 Å². The molecule has 0 fully saturated rings. The van der Waals surface area contributed by atoms with Gasteiger partial charge in [-0.1, -0.05) is 31.0 Å². The molecule has 0 aliphatic carbocycles. The van der Waals surface area contributed by atoms with E-state index in [0.717, 1.165) is 10.2 Å².